The monoisotopic (exact) mass is 211 g/mol. The van der Waals surface area contributed by atoms with Crippen molar-refractivity contribution < 1.29 is 9.90 Å². The van der Waals surface area contributed by atoms with Crippen LogP contribution in [0.2, 0.25) is 0 Å². The summed E-state index contributed by atoms with van der Waals surface area (Å²) >= 11 is 0. The fourth-order valence-corrected chi connectivity index (χ4v) is 0.948. The fraction of sp³-hybridized carbons (Fsp3) is 0.600. The highest BCUT2D eigenvalue weighted by atomic mass is 16.4. The topological polar surface area (TPSA) is 78.9 Å². The maximum Gasteiger partial charge on any atom is 0.320 e. The summed E-state index contributed by atoms with van der Waals surface area (Å²) in [5.41, 5.74) is 5.37. The van der Waals surface area contributed by atoms with Crippen LogP contribution in [0.4, 0.5) is 0 Å². The number of hydrogen-bond donors (Lipinski definition) is 2. The highest BCUT2D eigenvalue weighted by molar-refractivity contribution is 5.73. The Bertz CT molecular complexity index is 291. The predicted molar refractivity (Wildman–Crippen MR) is 59.4 cm³/mol. The fourth-order valence-electron chi connectivity index (χ4n) is 0.948. The third-order valence-corrected chi connectivity index (χ3v) is 1.69. The SMILES string of the molecule is CC#CN(C)C=NC(C)CC(N)C(=O)O. The standard InChI is InChI=1S/C10H17N3O2/c1-4-5-13(3)7-12-8(2)6-9(11)10(14)15/h7-9H,6,11H2,1-3H3,(H,14,15). The van der Waals surface area contributed by atoms with Crippen molar-refractivity contribution in [3.05, 3.63) is 0 Å². The summed E-state index contributed by atoms with van der Waals surface area (Å²) in [6.07, 6.45) is 1.88. The number of carbonyl (C=O) groups is 1. The number of nitrogens with zero attached hydrogens (tertiary/aromatic N) is 2. The molecule has 3 N–H and O–H groups in total. The molecule has 2 unspecified atom stereocenters. The zero-order chi connectivity index (χ0) is 11.8. The Kier molecular flexibility index (Phi) is 6.14. The Labute approximate surface area is 90.0 Å². The second-order valence-electron chi connectivity index (χ2n) is 3.27. The van der Waals surface area contributed by atoms with Gasteiger partial charge in [-0.2, -0.15) is 0 Å². The molecule has 0 aromatic heterocycles. The van der Waals surface area contributed by atoms with Gasteiger partial charge in [-0.15, -0.1) is 0 Å². The maximum absolute atomic E-state index is 10.5. The van der Waals surface area contributed by atoms with Gasteiger partial charge in [-0.25, -0.2) is 0 Å². The van der Waals surface area contributed by atoms with Gasteiger partial charge in [0.25, 0.3) is 0 Å². The lowest BCUT2D eigenvalue weighted by Gasteiger charge is -2.10. The number of rotatable bonds is 5. The number of aliphatic carboxylic acids is 1. The van der Waals surface area contributed by atoms with Gasteiger partial charge in [0.2, 0.25) is 0 Å². The minimum absolute atomic E-state index is 0.128. The van der Waals surface area contributed by atoms with E-state index in [1.54, 1.807) is 25.2 Å². The van der Waals surface area contributed by atoms with Crippen LogP contribution in [0.5, 0.6) is 0 Å². The van der Waals surface area contributed by atoms with Crippen LogP contribution in [0.3, 0.4) is 0 Å². The first-order valence-electron chi connectivity index (χ1n) is 4.64. The Morgan fingerprint density at radius 1 is 1.73 bits per heavy atom. The normalized spacial score (nSPS) is 14.1. The van der Waals surface area contributed by atoms with Gasteiger partial charge >= 0.3 is 5.97 Å². The van der Waals surface area contributed by atoms with E-state index < -0.39 is 12.0 Å². The van der Waals surface area contributed by atoms with Crippen molar-refractivity contribution >= 4 is 12.3 Å². The summed E-state index contributed by atoms with van der Waals surface area (Å²) in [4.78, 5) is 16.2. The van der Waals surface area contributed by atoms with Gasteiger partial charge in [0.15, 0.2) is 0 Å². The van der Waals surface area contributed by atoms with Gasteiger partial charge < -0.3 is 10.8 Å². The van der Waals surface area contributed by atoms with Crippen molar-refractivity contribution in [2.75, 3.05) is 7.05 Å². The maximum atomic E-state index is 10.5. The van der Waals surface area contributed by atoms with Gasteiger partial charge in [0.05, 0.1) is 12.4 Å². The lowest BCUT2D eigenvalue weighted by molar-refractivity contribution is -0.138. The molecule has 15 heavy (non-hydrogen) atoms. The Morgan fingerprint density at radius 3 is 2.80 bits per heavy atom. The van der Waals surface area contributed by atoms with E-state index in [9.17, 15) is 4.79 Å². The third kappa shape index (κ3) is 6.52. The van der Waals surface area contributed by atoms with Crippen LogP contribution in [-0.2, 0) is 4.79 Å². The summed E-state index contributed by atoms with van der Waals surface area (Å²) < 4.78 is 0. The Balaban J connectivity index is 4.06. The van der Waals surface area contributed by atoms with Gasteiger partial charge in [0, 0.05) is 13.1 Å². The van der Waals surface area contributed by atoms with Gasteiger partial charge in [-0.3, -0.25) is 14.7 Å². The van der Waals surface area contributed by atoms with Gasteiger partial charge in [0.1, 0.15) is 6.04 Å². The second kappa shape index (κ2) is 6.85. The average molecular weight is 211 g/mol. The molecule has 0 saturated heterocycles. The lowest BCUT2D eigenvalue weighted by atomic mass is 10.1. The number of hydrogen-bond acceptors (Lipinski definition) is 3. The lowest BCUT2D eigenvalue weighted by Crippen LogP contribution is -2.33. The highest BCUT2D eigenvalue weighted by Gasteiger charge is 2.14. The summed E-state index contributed by atoms with van der Waals surface area (Å²) in [7, 11) is 1.77. The Hall–Kier alpha value is -1.54. The number of nitrogens with two attached hydrogens (primary N) is 1. The number of carboxylic acid groups (broad SMARTS) is 1. The molecule has 2 atom stereocenters. The summed E-state index contributed by atoms with van der Waals surface area (Å²) in [6.45, 7) is 3.54. The van der Waals surface area contributed by atoms with E-state index >= 15 is 0 Å². The molecule has 0 spiro atoms. The van der Waals surface area contributed by atoms with Crippen LogP contribution in [-0.4, -0.2) is 41.4 Å². The largest absolute Gasteiger partial charge is 0.480 e. The van der Waals surface area contributed by atoms with E-state index in [2.05, 4.69) is 17.0 Å². The first-order valence-corrected chi connectivity index (χ1v) is 4.64. The number of aliphatic imine (C=N–C) groups is 1. The highest BCUT2D eigenvalue weighted by Crippen LogP contribution is 1.99. The third-order valence-electron chi connectivity index (χ3n) is 1.69. The summed E-state index contributed by atoms with van der Waals surface area (Å²) in [6, 6.07) is 1.77. The van der Waals surface area contributed by atoms with E-state index in [1.165, 1.54) is 0 Å². The van der Waals surface area contributed by atoms with Crippen LogP contribution in [0.1, 0.15) is 20.3 Å². The van der Waals surface area contributed by atoms with Gasteiger partial charge in [-0.1, -0.05) is 5.92 Å². The van der Waals surface area contributed by atoms with Crippen molar-refractivity contribution in [3.63, 3.8) is 0 Å². The summed E-state index contributed by atoms with van der Waals surface area (Å²) in [5, 5.41) is 8.58. The molecule has 5 heteroatoms. The molecule has 0 bridgehead atoms. The smallest absolute Gasteiger partial charge is 0.320 e. The molecule has 0 heterocycles. The van der Waals surface area contributed by atoms with Gasteiger partial charge in [-0.05, 0) is 20.3 Å². The molecular weight excluding hydrogens is 194 g/mol. The van der Waals surface area contributed by atoms with E-state index in [0.717, 1.165) is 0 Å². The van der Waals surface area contributed by atoms with Crippen LogP contribution in [0.25, 0.3) is 0 Å². The second-order valence-corrected chi connectivity index (χ2v) is 3.27. The molecule has 0 aliphatic rings. The zero-order valence-electron chi connectivity index (χ0n) is 9.27. The minimum atomic E-state index is -1.00. The quantitative estimate of drug-likeness (QED) is 0.293. The van der Waals surface area contributed by atoms with Crippen LogP contribution < -0.4 is 5.73 Å². The molecule has 0 saturated carbocycles. The minimum Gasteiger partial charge on any atom is -0.480 e. The molecule has 0 aromatic carbocycles. The molecule has 84 valence electrons. The van der Waals surface area contributed by atoms with E-state index in [0.29, 0.717) is 6.42 Å². The first kappa shape index (κ1) is 13.5. The van der Waals surface area contributed by atoms with E-state index in [4.69, 9.17) is 10.8 Å². The van der Waals surface area contributed by atoms with Crippen molar-refractivity contribution in [1.29, 1.82) is 0 Å². The van der Waals surface area contributed by atoms with Crippen LogP contribution >= 0.6 is 0 Å². The Morgan fingerprint density at radius 2 is 2.33 bits per heavy atom. The number of carboxylic acids is 1. The van der Waals surface area contributed by atoms with Crippen molar-refractivity contribution in [2.24, 2.45) is 10.7 Å². The molecule has 0 aliphatic carbocycles. The molecule has 0 rings (SSSR count). The van der Waals surface area contributed by atoms with E-state index in [-0.39, 0.29) is 6.04 Å². The van der Waals surface area contributed by atoms with Crippen molar-refractivity contribution in [3.8, 4) is 12.0 Å². The van der Waals surface area contributed by atoms with Crippen molar-refractivity contribution in [1.82, 2.24) is 4.90 Å². The van der Waals surface area contributed by atoms with Crippen molar-refractivity contribution in [2.45, 2.75) is 32.4 Å². The molecule has 0 fully saturated rings. The first-order chi connectivity index (χ1) is 6.97. The molecular formula is C10H17N3O2. The summed E-state index contributed by atoms with van der Waals surface area (Å²) in [5.74, 6) is 1.71. The molecule has 0 aromatic rings. The molecule has 5 nitrogen and oxygen atoms in total. The molecule has 0 amide bonds. The van der Waals surface area contributed by atoms with Crippen LogP contribution in [0, 0.1) is 12.0 Å². The van der Waals surface area contributed by atoms with E-state index in [1.807, 2.05) is 6.92 Å². The molecule has 0 aliphatic heterocycles. The average Bonchev–Trinajstić information content (AvgIpc) is 2.15. The van der Waals surface area contributed by atoms with Crippen LogP contribution in [0.15, 0.2) is 4.99 Å². The molecule has 0 radical (unpaired) electrons. The zero-order valence-corrected chi connectivity index (χ0v) is 9.27. The predicted octanol–water partition coefficient (Wildman–Crippen LogP) is 0.118.